The van der Waals surface area contributed by atoms with Gasteiger partial charge in [0.15, 0.2) is 0 Å². The van der Waals surface area contributed by atoms with E-state index in [9.17, 15) is 4.79 Å². The Hall–Kier alpha value is -3.31. The van der Waals surface area contributed by atoms with Crippen molar-refractivity contribution in [2.75, 3.05) is 19.7 Å². The minimum Gasteiger partial charge on any atom is -0.494 e. The quantitative estimate of drug-likeness (QED) is 0.277. The molecule has 1 N–H and O–H groups in total. The van der Waals surface area contributed by atoms with Gasteiger partial charge in [-0.2, -0.15) is 0 Å². The van der Waals surface area contributed by atoms with E-state index in [1.165, 1.54) is 55.2 Å². The van der Waals surface area contributed by atoms with Crippen LogP contribution < -0.4 is 14.8 Å². The molecule has 6 rings (SSSR count). The number of hydrogen-bond acceptors (Lipinski definition) is 4. The highest BCUT2D eigenvalue weighted by Crippen LogP contribution is 2.37. The molecule has 0 radical (unpaired) electrons. The van der Waals surface area contributed by atoms with Crippen LogP contribution in [0.25, 0.3) is 0 Å². The van der Waals surface area contributed by atoms with Gasteiger partial charge in [0.2, 0.25) is 5.91 Å². The lowest BCUT2D eigenvalue weighted by atomic mass is 9.84. The maximum atomic E-state index is 13.9. The highest BCUT2D eigenvalue weighted by molar-refractivity contribution is 5.80. The van der Waals surface area contributed by atoms with Gasteiger partial charge in [-0.3, -0.25) is 4.79 Å². The fourth-order valence-electron chi connectivity index (χ4n) is 7.02. The lowest BCUT2D eigenvalue weighted by Crippen LogP contribution is -2.44. The molecular weight excluding hydrogens is 520 g/mol. The number of piperidine rings is 1. The van der Waals surface area contributed by atoms with E-state index in [1.807, 2.05) is 18.2 Å². The van der Waals surface area contributed by atoms with Gasteiger partial charge in [-0.05, 0) is 98.0 Å². The Kier molecular flexibility index (Phi) is 9.76. The molecule has 5 nitrogen and oxygen atoms in total. The van der Waals surface area contributed by atoms with E-state index in [2.05, 4.69) is 64.8 Å². The van der Waals surface area contributed by atoms with E-state index >= 15 is 0 Å². The van der Waals surface area contributed by atoms with Crippen molar-refractivity contribution in [2.24, 2.45) is 5.92 Å². The molecule has 42 heavy (non-hydrogen) atoms. The minimum absolute atomic E-state index is 0.0375. The molecule has 3 aromatic carbocycles. The van der Waals surface area contributed by atoms with Gasteiger partial charge in [0.25, 0.3) is 0 Å². The number of benzene rings is 3. The van der Waals surface area contributed by atoms with Crippen molar-refractivity contribution >= 4 is 5.91 Å². The van der Waals surface area contributed by atoms with Crippen molar-refractivity contribution in [2.45, 2.75) is 89.3 Å². The van der Waals surface area contributed by atoms with Crippen LogP contribution in [0.5, 0.6) is 11.5 Å². The van der Waals surface area contributed by atoms with Crippen molar-refractivity contribution in [1.29, 1.82) is 0 Å². The Morgan fingerprint density at radius 3 is 2.38 bits per heavy atom. The van der Waals surface area contributed by atoms with Crippen LogP contribution in [0.2, 0.25) is 0 Å². The van der Waals surface area contributed by atoms with E-state index in [-0.39, 0.29) is 12.0 Å². The molecule has 222 valence electrons. The van der Waals surface area contributed by atoms with Crippen LogP contribution in [0, 0.1) is 5.92 Å². The SMILES string of the molecule is O=C(C1CCCCC1)N1CCc2cc(OCc3ccccc3)ccc2C1Cc1ccc(OCCC2CCCCN2)cc1. The largest absolute Gasteiger partial charge is 0.494 e. The van der Waals surface area contributed by atoms with Crippen LogP contribution in [-0.4, -0.2) is 36.5 Å². The second kappa shape index (κ2) is 14.2. The van der Waals surface area contributed by atoms with Gasteiger partial charge in [-0.15, -0.1) is 0 Å². The number of carbonyl (C=O) groups is 1. The topological polar surface area (TPSA) is 50.8 Å². The van der Waals surface area contributed by atoms with Crippen molar-refractivity contribution in [1.82, 2.24) is 10.2 Å². The van der Waals surface area contributed by atoms with E-state index in [0.717, 1.165) is 68.9 Å². The van der Waals surface area contributed by atoms with E-state index in [4.69, 9.17) is 9.47 Å². The van der Waals surface area contributed by atoms with Crippen molar-refractivity contribution in [3.8, 4) is 11.5 Å². The molecule has 1 saturated heterocycles. The second-order valence-corrected chi connectivity index (χ2v) is 12.4. The third-order valence-corrected chi connectivity index (χ3v) is 9.46. The van der Waals surface area contributed by atoms with Gasteiger partial charge >= 0.3 is 0 Å². The van der Waals surface area contributed by atoms with Crippen LogP contribution in [-0.2, 0) is 24.2 Å². The third-order valence-electron chi connectivity index (χ3n) is 9.46. The minimum atomic E-state index is 0.0375. The Bertz CT molecular complexity index is 1280. The number of fused-ring (bicyclic) bond motifs is 1. The molecule has 3 aromatic rings. The molecule has 2 fully saturated rings. The summed E-state index contributed by atoms with van der Waals surface area (Å²) in [5.41, 5.74) is 4.96. The molecule has 2 unspecified atom stereocenters. The van der Waals surface area contributed by atoms with Crippen molar-refractivity contribution < 1.29 is 14.3 Å². The predicted octanol–water partition coefficient (Wildman–Crippen LogP) is 7.43. The molecule has 1 saturated carbocycles. The first-order chi connectivity index (χ1) is 20.7. The van der Waals surface area contributed by atoms with Crippen molar-refractivity contribution in [3.05, 3.63) is 95.1 Å². The zero-order chi connectivity index (χ0) is 28.6. The molecule has 1 aliphatic carbocycles. The fraction of sp³-hybridized carbons (Fsp3) is 0.486. The number of carbonyl (C=O) groups excluding carboxylic acids is 1. The lowest BCUT2D eigenvalue weighted by molar-refractivity contribution is -0.139. The average molecular weight is 567 g/mol. The van der Waals surface area contributed by atoms with Gasteiger partial charge in [0.1, 0.15) is 18.1 Å². The molecule has 3 aliphatic rings. The summed E-state index contributed by atoms with van der Waals surface area (Å²) in [6.07, 6.45) is 12.3. The summed E-state index contributed by atoms with van der Waals surface area (Å²) in [6.45, 7) is 3.20. The number of nitrogens with one attached hydrogen (secondary N) is 1. The fourth-order valence-corrected chi connectivity index (χ4v) is 7.02. The molecular formula is C37H46N2O3. The summed E-state index contributed by atoms with van der Waals surface area (Å²) in [6, 6.07) is 26.0. The van der Waals surface area contributed by atoms with Gasteiger partial charge in [-0.1, -0.05) is 74.2 Å². The lowest BCUT2D eigenvalue weighted by Gasteiger charge is -2.40. The standard InChI is InChI=1S/C37H46N2O3/c40-37(30-11-5-2-6-12-30)39-23-20-31-26-34(42-27-29-9-3-1-4-10-29)18-19-35(31)36(39)25-28-14-16-33(17-15-28)41-24-21-32-13-7-8-22-38-32/h1,3-4,9-10,14-19,26,30,32,36,38H,2,5-8,11-13,20-25,27H2. The molecule has 0 spiro atoms. The normalized spacial score (nSPS) is 21.0. The zero-order valence-corrected chi connectivity index (χ0v) is 24.9. The van der Waals surface area contributed by atoms with Crippen molar-refractivity contribution in [3.63, 3.8) is 0 Å². The predicted molar refractivity (Wildman–Crippen MR) is 168 cm³/mol. The van der Waals surface area contributed by atoms with Crippen LogP contribution >= 0.6 is 0 Å². The second-order valence-electron chi connectivity index (χ2n) is 12.4. The maximum Gasteiger partial charge on any atom is 0.226 e. The number of hydrogen-bond donors (Lipinski definition) is 1. The third kappa shape index (κ3) is 7.36. The van der Waals surface area contributed by atoms with E-state index < -0.39 is 0 Å². The molecule has 2 atom stereocenters. The van der Waals surface area contributed by atoms with Gasteiger partial charge in [0, 0.05) is 18.5 Å². The first-order valence-electron chi connectivity index (χ1n) is 16.3. The number of nitrogens with zero attached hydrogens (tertiary/aromatic N) is 1. The van der Waals surface area contributed by atoms with Crippen LogP contribution in [0.4, 0.5) is 0 Å². The summed E-state index contributed by atoms with van der Waals surface area (Å²) in [5.74, 6) is 2.35. The van der Waals surface area contributed by atoms with Gasteiger partial charge in [0.05, 0.1) is 12.6 Å². The zero-order valence-electron chi connectivity index (χ0n) is 24.9. The maximum absolute atomic E-state index is 13.9. The smallest absolute Gasteiger partial charge is 0.226 e. The van der Waals surface area contributed by atoms with Crippen LogP contribution in [0.1, 0.15) is 86.1 Å². The van der Waals surface area contributed by atoms with Gasteiger partial charge < -0.3 is 19.7 Å². The number of amides is 1. The Morgan fingerprint density at radius 2 is 1.60 bits per heavy atom. The molecule has 2 aliphatic heterocycles. The summed E-state index contributed by atoms with van der Waals surface area (Å²) < 4.78 is 12.3. The Morgan fingerprint density at radius 1 is 0.810 bits per heavy atom. The molecule has 0 bridgehead atoms. The first-order valence-corrected chi connectivity index (χ1v) is 16.3. The molecule has 0 aromatic heterocycles. The summed E-state index contributed by atoms with van der Waals surface area (Å²) in [4.78, 5) is 16.1. The van der Waals surface area contributed by atoms with Gasteiger partial charge in [-0.25, -0.2) is 0 Å². The monoisotopic (exact) mass is 566 g/mol. The van der Waals surface area contributed by atoms with E-state index in [0.29, 0.717) is 18.6 Å². The first kappa shape index (κ1) is 28.8. The highest BCUT2D eigenvalue weighted by atomic mass is 16.5. The summed E-state index contributed by atoms with van der Waals surface area (Å²) in [7, 11) is 0. The molecule has 1 amide bonds. The Labute approximate surface area is 251 Å². The number of rotatable bonds is 10. The van der Waals surface area contributed by atoms with Crippen LogP contribution in [0.3, 0.4) is 0 Å². The van der Waals surface area contributed by atoms with E-state index in [1.54, 1.807) is 0 Å². The van der Waals surface area contributed by atoms with Crippen LogP contribution in [0.15, 0.2) is 72.8 Å². The number of ether oxygens (including phenoxy) is 2. The Balaban J connectivity index is 1.15. The molecule has 2 heterocycles. The summed E-state index contributed by atoms with van der Waals surface area (Å²) >= 11 is 0. The highest BCUT2D eigenvalue weighted by Gasteiger charge is 2.35. The average Bonchev–Trinajstić information content (AvgIpc) is 3.05. The molecule has 5 heteroatoms. The summed E-state index contributed by atoms with van der Waals surface area (Å²) in [5, 5.41) is 3.60.